The van der Waals surface area contributed by atoms with Crippen molar-refractivity contribution in [1.82, 2.24) is 10.2 Å². The quantitative estimate of drug-likeness (QED) is 0.531. The molecule has 2 aromatic rings. The van der Waals surface area contributed by atoms with Crippen LogP contribution in [0.3, 0.4) is 0 Å². The van der Waals surface area contributed by atoms with E-state index in [1.807, 2.05) is 0 Å². The Hall–Kier alpha value is -1.62. The third-order valence-electron chi connectivity index (χ3n) is 1.63. The lowest BCUT2D eigenvalue weighted by molar-refractivity contribution is 0.478. The zero-order valence-corrected chi connectivity index (χ0v) is 7.45. The van der Waals surface area contributed by atoms with Crippen LogP contribution < -0.4 is 5.73 Å². The van der Waals surface area contributed by atoms with Crippen LogP contribution >= 0.6 is 11.3 Å². The van der Waals surface area contributed by atoms with E-state index in [1.165, 1.54) is 11.3 Å². The zero-order valence-electron chi connectivity index (χ0n) is 6.64. The number of nitrogens with zero attached hydrogens (tertiary/aromatic N) is 2. The average Bonchev–Trinajstić information content (AvgIpc) is 2.62. The highest BCUT2D eigenvalue weighted by atomic mass is 32.1. The van der Waals surface area contributed by atoms with Crippen LogP contribution in [0.25, 0.3) is 10.6 Å². The molecule has 0 radical (unpaired) electrons. The van der Waals surface area contributed by atoms with Gasteiger partial charge in [0, 0.05) is 5.56 Å². The monoisotopic (exact) mass is 193 g/mol. The highest BCUT2D eigenvalue weighted by Crippen LogP contribution is 2.27. The van der Waals surface area contributed by atoms with Crippen LogP contribution in [0, 0.1) is 0 Å². The molecule has 0 saturated carbocycles. The maximum atomic E-state index is 9.18. The van der Waals surface area contributed by atoms with E-state index in [4.69, 9.17) is 5.73 Å². The van der Waals surface area contributed by atoms with E-state index in [-0.39, 0.29) is 5.75 Å². The summed E-state index contributed by atoms with van der Waals surface area (Å²) in [4.78, 5) is 0. The molecule has 1 heterocycles. The van der Waals surface area contributed by atoms with Gasteiger partial charge in [0.15, 0.2) is 0 Å². The molecular weight excluding hydrogens is 186 g/mol. The summed E-state index contributed by atoms with van der Waals surface area (Å²) in [6, 6.07) is 4.98. The Morgan fingerprint density at radius 1 is 1.38 bits per heavy atom. The molecule has 0 saturated heterocycles. The van der Waals surface area contributed by atoms with Gasteiger partial charge in [-0.15, -0.1) is 10.2 Å². The Morgan fingerprint density at radius 2 is 2.23 bits per heavy atom. The van der Waals surface area contributed by atoms with Crippen molar-refractivity contribution >= 4 is 17.0 Å². The van der Waals surface area contributed by atoms with E-state index in [0.29, 0.717) is 5.69 Å². The maximum Gasteiger partial charge on any atom is 0.147 e. The molecule has 0 amide bonds. The minimum absolute atomic E-state index is 0.0910. The van der Waals surface area contributed by atoms with E-state index in [0.717, 1.165) is 10.6 Å². The fourth-order valence-electron chi connectivity index (χ4n) is 0.986. The molecule has 3 N–H and O–H groups in total. The Labute approximate surface area is 78.7 Å². The van der Waals surface area contributed by atoms with Crippen molar-refractivity contribution in [3.63, 3.8) is 0 Å². The van der Waals surface area contributed by atoms with Crippen LogP contribution in [0.5, 0.6) is 5.75 Å². The second-order valence-electron chi connectivity index (χ2n) is 2.52. The summed E-state index contributed by atoms with van der Waals surface area (Å²) in [7, 11) is 0. The molecule has 0 aliphatic heterocycles. The van der Waals surface area contributed by atoms with Gasteiger partial charge in [0.05, 0.1) is 5.69 Å². The Bertz CT molecular complexity index is 413. The highest BCUT2D eigenvalue weighted by molar-refractivity contribution is 7.12. The smallest absolute Gasteiger partial charge is 0.147 e. The number of hydrogen-bond donors (Lipinski definition) is 2. The van der Waals surface area contributed by atoms with Crippen molar-refractivity contribution in [2.45, 2.75) is 0 Å². The molecule has 0 aliphatic rings. The molecule has 0 atom stereocenters. The second-order valence-corrected chi connectivity index (χ2v) is 3.35. The molecule has 13 heavy (non-hydrogen) atoms. The summed E-state index contributed by atoms with van der Waals surface area (Å²) in [5.41, 5.74) is 8.41. The van der Waals surface area contributed by atoms with Crippen LogP contribution in [0.15, 0.2) is 23.7 Å². The average molecular weight is 193 g/mol. The number of nitrogen functional groups attached to an aromatic ring is 1. The number of phenolic OH excluding ortho intramolecular Hbond substituents is 1. The third kappa shape index (κ3) is 1.46. The van der Waals surface area contributed by atoms with Gasteiger partial charge in [0.25, 0.3) is 0 Å². The van der Waals surface area contributed by atoms with Gasteiger partial charge in [0.1, 0.15) is 16.3 Å². The normalized spacial score (nSPS) is 10.2. The number of hydrogen-bond acceptors (Lipinski definition) is 5. The van der Waals surface area contributed by atoms with Crippen molar-refractivity contribution in [3.05, 3.63) is 23.7 Å². The first-order valence-electron chi connectivity index (χ1n) is 3.62. The lowest BCUT2D eigenvalue weighted by atomic mass is 10.2. The van der Waals surface area contributed by atoms with Gasteiger partial charge in [-0.05, 0) is 18.2 Å². The van der Waals surface area contributed by atoms with Gasteiger partial charge in [-0.25, -0.2) is 0 Å². The minimum Gasteiger partial charge on any atom is -0.506 e. The fourth-order valence-corrected chi connectivity index (χ4v) is 1.54. The summed E-state index contributed by atoms with van der Waals surface area (Å²) in [6.45, 7) is 0. The Morgan fingerprint density at radius 3 is 2.85 bits per heavy atom. The van der Waals surface area contributed by atoms with Gasteiger partial charge in [-0.2, -0.15) is 0 Å². The summed E-state index contributed by atoms with van der Waals surface area (Å²) in [6.07, 6.45) is 0. The SMILES string of the molecule is Nc1cc(-c2nncs2)ccc1O. The molecule has 0 spiro atoms. The highest BCUT2D eigenvalue weighted by Gasteiger charge is 2.03. The molecule has 0 aliphatic carbocycles. The largest absolute Gasteiger partial charge is 0.506 e. The van der Waals surface area contributed by atoms with Crippen LogP contribution in [0.1, 0.15) is 0 Å². The van der Waals surface area contributed by atoms with Crippen molar-refractivity contribution in [2.24, 2.45) is 0 Å². The summed E-state index contributed by atoms with van der Waals surface area (Å²) in [5, 5.41) is 17.6. The van der Waals surface area contributed by atoms with E-state index < -0.39 is 0 Å². The number of phenols is 1. The fraction of sp³-hybridized carbons (Fsp3) is 0. The molecule has 4 nitrogen and oxygen atoms in total. The number of benzene rings is 1. The van der Waals surface area contributed by atoms with Crippen molar-refractivity contribution in [3.8, 4) is 16.3 Å². The number of aromatic hydroxyl groups is 1. The number of aromatic nitrogens is 2. The molecule has 0 fully saturated rings. The topological polar surface area (TPSA) is 72.0 Å². The molecule has 0 unspecified atom stereocenters. The van der Waals surface area contributed by atoms with Gasteiger partial charge < -0.3 is 10.8 Å². The van der Waals surface area contributed by atoms with E-state index >= 15 is 0 Å². The first-order chi connectivity index (χ1) is 6.27. The van der Waals surface area contributed by atoms with Gasteiger partial charge in [-0.1, -0.05) is 11.3 Å². The van der Waals surface area contributed by atoms with Crippen molar-refractivity contribution in [1.29, 1.82) is 0 Å². The Balaban J connectivity index is 2.49. The third-order valence-corrected chi connectivity index (χ3v) is 2.37. The van der Waals surface area contributed by atoms with E-state index in [9.17, 15) is 5.11 Å². The minimum atomic E-state index is 0.0910. The van der Waals surface area contributed by atoms with Crippen molar-refractivity contribution in [2.75, 3.05) is 5.73 Å². The first kappa shape index (κ1) is 8.00. The van der Waals surface area contributed by atoms with Crippen LogP contribution in [0.4, 0.5) is 5.69 Å². The molecule has 1 aromatic heterocycles. The number of rotatable bonds is 1. The second kappa shape index (κ2) is 3.02. The van der Waals surface area contributed by atoms with Gasteiger partial charge in [0.2, 0.25) is 0 Å². The van der Waals surface area contributed by atoms with Gasteiger partial charge >= 0.3 is 0 Å². The summed E-state index contributed by atoms with van der Waals surface area (Å²) in [5.74, 6) is 0.0910. The molecular formula is C8H7N3OS. The number of nitrogens with two attached hydrogens (primary N) is 1. The number of anilines is 1. The summed E-state index contributed by atoms with van der Waals surface area (Å²) < 4.78 is 0. The Kier molecular flexibility index (Phi) is 1.86. The predicted molar refractivity (Wildman–Crippen MR) is 51.4 cm³/mol. The first-order valence-corrected chi connectivity index (χ1v) is 4.50. The standard InChI is InChI=1S/C8H7N3OS/c9-6-3-5(1-2-7(6)12)8-11-10-4-13-8/h1-4,12H,9H2. The van der Waals surface area contributed by atoms with Crippen LogP contribution in [0.2, 0.25) is 0 Å². The molecule has 0 bridgehead atoms. The molecule has 1 aromatic carbocycles. The lowest BCUT2D eigenvalue weighted by Gasteiger charge is -1.99. The van der Waals surface area contributed by atoms with Crippen LogP contribution in [-0.4, -0.2) is 15.3 Å². The van der Waals surface area contributed by atoms with Crippen molar-refractivity contribution < 1.29 is 5.11 Å². The van der Waals surface area contributed by atoms with E-state index in [2.05, 4.69) is 10.2 Å². The van der Waals surface area contributed by atoms with Crippen LogP contribution in [-0.2, 0) is 0 Å². The molecule has 66 valence electrons. The predicted octanol–water partition coefficient (Wildman–Crippen LogP) is 1.49. The van der Waals surface area contributed by atoms with Gasteiger partial charge in [-0.3, -0.25) is 0 Å². The molecule has 5 heteroatoms. The summed E-state index contributed by atoms with van der Waals surface area (Å²) >= 11 is 1.43. The van der Waals surface area contributed by atoms with E-state index in [1.54, 1.807) is 23.7 Å². The zero-order chi connectivity index (χ0) is 9.26. The maximum absolute atomic E-state index is 9.18. The molecule has 2 rings (SSSR count). The lowest BCUT2D eigenvalue weighted by Crippen LogP contribution is -1.86.